The van der Waals surface area contributed by atoms with E-state index in [1.54, 1.807) is 0 Å². The smallest absolute Gasteiger partial charge is 0.225 e. The molecule has 1 atom stereocenters. The van der Waals surface area contributed by atoms with Gasteiger partial charge in [0.05, 0.1) is 17.0 Å². The van der Waals surface area contributed by atoms with Gasteiger partial charge in [-0.25, -0.2) is 15.0 Å². The number of piperazine rings is 1. The van der Waals surface area contributed by atoms with Crippen LogP contribution in [0, 0.1) is 12.8 Å². The van der Waals surface area contributed by atoms with E-state index in [-0.39, 0.29) is 5.78 Å². The van der Waals surface area contributed by atoms with Crippen LogP contribution in [0.2, 0.25) is 0 Å². The van der Waals surface area contributed by atoms with Crippen molar-refractivity contribution < 1.29 is 4.79 Å². The van der Waals surface area contributed by atoms with Crippen LogP contribution >= 0.6 is 0 Å². The summed E-state index contributed by atoms with van der Waals surface area (Å²) in [5.41, 5.74) is 2.51. The van der Waals surface area contributed by atoms with Crippen molar-refractivity contribution in [1.29, 1.82) is 0 Å². The number of Topliss-reactive ketones (excluding diaryl/α,β-unsaturated/α-hetero) is 1. The monoisotopic (exact) mass is 337 g/mol. The van der Waals surface area contributed by atoms with Gasteiger partial charge in [-0.2, -0.15) is 0 Å². The van der Waals surface area contributed by atoms with E-state index in [0.29, 0.717) is 12.3 Å². The minimum atomic E-state index is 0.192. The predicted molar refractivity (Wildman–Crippen MR) is 97.2 cm³/mol. The molecule has 0 aromatic carbocycles. The van der Waals surface area contributed by atoms with Crippen LogP contribution in [-0.4, -0.2) is 46.9 Å². The molecular weight excluding hydrogens is 314 g/mol. The second kappa shape index (κ2) is 6.43. The molecule has 0 saturated carbocycles. The molecule has 0 radical (unpaired) electrons. The van der Waals surface area contributed by atoms with Gasteiger partial charge in [-0.05, 0) is 31.4 Å². The van der Waals surface area contributed by atoms with Gasteiger partial charge in [0, 0.05) is 38.8 Å². The minimum Gasteiger partial charge on any atom is -0.353 e. The number of rotatable bonds is 2. The Hall–Kier alpha value is -2.50. The lowest BCUT2D eigenvalue weighted by atomic mass is 9.86. The maximum atomic E-state index is 12.3. The first kappa shape index (κ1) is 16.0. The standard InChI is InChI=1S/C19H23N5O/c1-13-11-15-18(16(25)12-13)14(2)21-19(22-15)24-9-7-23(8-10-24)17-5-3-4-6-20-17/h3-6,13H,7-12H2,1-2H3/t13-/m1/s1. The Kier molecular flexibility index (Phi) is 4.11. The topological polar surface area (TPSA) is 62.2 Å². The van der Waals surface area contributed by atoms with Crippen molar-refractivity contribution in [2.24, 2.45) is 5.92 Å². The third kappa shape index (κ3) is 3.08. The number of aryl methyl sites for hydroxylation is 1. The molecule has 1 aliphatic carbocycles. The number of fused-ring (bicyclic) bond motifs is 1. The molecule has 1 saturated heterocycles. The maximum absolute atomic E-state index is 12.3. The van der Waals surface area contributed by atoms with E-state index >= 15 is 0 Å². The van der Waals surface area contributed by atoms with Crippen LogP contribution in [0.1, 0.15) is 35.1 Å². The zero-order valence-corrected chi connectivity index (χ0v) is 14.8. The van der Waals surface area contributed by atoms with E-state index in [1.165, 1.54) is 0 Å². The van der Waals surface area contributed by atoms with Crippen molar-refractivity contribution >= 4 is 17.5 Å². The number of pyridine rings is 1. The van der Waals surface area contributed by atoms with Crippen molar-refractivity contribution in [2.75, 3.05) is 36.0 Å². The average molecular weight is 337 g/mol. The lowest BCUT2D eigenvalue weighted by Gasteiger charge is -2.36. The fourth-order valence-electron chi connectivity index (χ4n) is 3.77. The van der Waals surface area contributed by atoms with Crippen molar-refractivity contribution in [3.63, 3.8) is 0 Å². The molecule has 0 amide bonds. The Labute approximate surface area is 147 Å². The summed E-state index contributed by atoms with van der Waals surface area (Å²) in [6.45, 7) is 7.56. The van der Waals surface area contributed by atoms with Gasteiger partial charge in [0.2, 0.25) is 5.95 Å². The Morgan fingerprint density at radius 2 is 1.80 bits per heavy atom. The minimum absolute atomic E-state index is 0.192. The SMILES string of the molecule is Cc1nc(N2CCN(c3ccccn3)CC2)nc2c1C(=O)C[C@H](C)C2. The number of aromatic nitrogens is 3. The third-order valence-corrected chi connectivity index (χ3v) is 5.04. The van der Waals surface area contributed by atoms with Gasteiger partial charge in [-0.1, -0.05) is 13.0 Å². The van der Waals surface area contributed by atoms with Crippen LogP contribution in [-0.2, 0) is 6.42 Å². The summed E-state index contributed by atoms with van der Waals surface area (Å²) in [7, 11) is 0. The van der Waals surface area contributed by atoms with Crippen LogP contribution < -0.4 is 9.80 Å². The lowest BCUT2D eigenvalue weighted by molar-refractivity contribution is 0.0951. The zero-order valence-electron chi connectivity index (χ0n) is 14.8. The first-order valence-corrected chi connectivity index (χ1v) is 8.93. The van der Waals surface area contributed by atoms with E-state index in [4.69, 9.17) is 4.98 Å². The normalized spacial score (nSPS) is 20.6. The van der Waals surface area contributed by atoms with Crippen LogP contribution in [0.3, 0.4) is 0 Å². The molecule has 6 heteroatoms. The molecule has 1 fully saturated rings. The molecule has 6 nitrogen and oxygen atoms in total. The average Bonchev–Trinajstić information content (AvgIpc) is 2.61. The number of anilines is 2. The fourth-order valence-corrected chi connectivity index (χ4v) is 3.77. The summed E-state index contributed by atoms with van der Waals surface area (Å²) in [5.74, 6) is 2.34. The first-order valence-electron chi connectivity index (χ1n) is 8.93. The molecule has 2 aliphatic rings. The maximum Gasteiger partial charge on any atom is 0.225 e. The zero-order chi connectivity index (χ0) is 17.4. The van der Waals surface area contributed by atoms with Crippen molar-refractivity contribution in [3.8, 4) is 0 Å². The molecule has 3 heterocycles. The number of ketones is 1. The molecule has 0 unspecified atom stereocenters. The van der Waals surface area contributed by atoms with Crippen LogP contribution in [0.25, 0.3) is 0 Å². The molecule has 130 valence electrons. The number of carbonyl (C=O) groups is 1. The molecule has 25 heavy (non-hydrogen) atoms. The largest absolute Gasteiger partial charge is 0.353 e. The van der Waals surface area contributed by atoms with Gasteiger partial charge in [-0.15, -0.1) is 0 Å². The third-order valence-electron chi connectivity index (χ3n) is 5.04. The van der Waals surface area contributed by atoms with Gasteiger partial charge in [0.15, 0.2) is 5.78 Å². The highest BCUT2D eigenvalue weighted by Gasteiger charge is 2.28. The van der Waals surface area contributed by atoms with Gasteiger partial charge < -0.3 is 9.80 Å². The van der Waals surface area contributed by atoms with E-state index in [9.17, 15) is 4.79 Å². The highest BCUT2D eigenvalue weighted by molar-refractivity contribution is 5.99. The molecule has 1 aliphatic heterocycles. The van der Waals surface area contributed by atoms with Gasteiger partial charge >= 0.3 is 0 Å². The summed E-state index contributed by atoms with van der Waals surface area (Å²) < 4.78 is 0. The highest BCUT2D eigenvalue weighted by atomic mass is 16.1. The molecule has 4 rings (SSSR count). The van der Waals surface area contributed by atoms with E-state index < -0.39 is 0 Å². The van der Waals surface area contributed by atoms with Crippen LogP contribution in [0.5, 0.6) is 0 Å². The van der Waals surface area contributed by atoms with Gasteiger partial charge in [0.25, 0.3) is 0 Å². The molecule has 2 aromatic heterocycles. The summed E-state index contributed by atoms with van der Waals surface area (Å²) in [4.78, 5) is 30.6. The van der Waals surface area contributed by atoms with E-state index in [2.05, 4.69) is 26.7 Å². The second-order valence-electron chi connectivity index (χ2n) is 7.03. The Balaban J connectivity index is 1.53. The van der Waals surface area contributed by atoms with Crippen molar-refractivity contribution in [2.45, 2.75) is 26.7 Å². The highest BCUT2D eigenvalue weighted by Crippen LogP contribution is 2.27. The quantitative estimate of drug-likeness (QED) is 0.838. The summed E-state index contributed by atoms with van der Waals surface area (Å²) >= 11 is 0. The second-order valence-corrected chi connectivity index (χ2v) is 7.03. The number of hydrogen-bond donors (Lipinski definition) is 0. The Bertz CT molecular complexity index is 784. The molecule has 2 aromatic rings. The Morgan fingerprint density at radius 3 is 2.52 bits per heavy atom. The molecular formula is C19H23N5O. The Morgan fingerprint density at radius 1 is 1.04 bits per heavy atom. The van der Waals surface area contributed by atoms with Gasteiger partial charge in [-0.3, -0.25) is 4.79 Å². The molecule has 0 bridgehead atoms. The first-order chi connectivity index (χ1) is 12.1. The number of hydrogen-bond acceptors (Lipinski definition) is 6. The van der Waals surface area contributed by atoms with E-state index in [1.807, 2.05) is 31.3 Å². The van der Waals surface area contributed by atoms with Crippen LogP contribution in [0.15, 0.2) is 24.4 Å². The van der Waals surface area contributed by atoms with E-state index in [0.717, 1.165) is 61.3 Å². The summed E-state index contributed by atoms with van der Waals surface area (Å²) in [6, 6.07) is 6.00. The number of carbonyl (C=O) groups excluding carboxylic acids is 1. The fraction of sp³-hybridized carbons (Fsp3) is 0.474. The summed E-state index contributed by atoms with van der Waals surface area (Å²) in [6.07, 6.45) is 3.31. The van der Waals surface area contributed by atoms with Crippen LogP contribution in [0.4, 0.5) is 11.8 Å². The molecule has 0 spiro atoms. The van der Waals surface area contributed by atoms with Crippen molar-refractivity contribution in [1.82, 2.24) is 15.0 Å². The molecule has 0 N–H and O–H groups in total. The summed E-state index contributed by atoms with van der Waals surface area (Å²) in [5, 5.41) is 0. The number of nitrogens with zero attached hydrogens (tertiary/aromatic N) is 5. The lowest BCUT2D eigenvalue weighted by Crippen LogP contribution is -2.47. The van der Waals surface area contributed by atoms with Gasteiger partial charge in [0.1, 0.15) is 5.82 Å². The predicted octanol–water partition coefficient (Wildman–Crippen LogP) is 2.27. The van der Waals surface area contributed by atoms with Crippen molar-refractivity contribution in [3.05, 3.63) is 41.3 Å².